The number of aromatic nitrogens is 1. The van der Waals surface area contributed by atoms with Crippen LogP contribution in [0.1, 0.15) is 35.0 Å². The summed E-state index contributed by atoms with van der Waals surface area (Å²) in [5.41, 5.74) is -2.55. The number of pyridine rings is 1. The first-order chi connectivity index (χ1) is 9.71. The van der Waals surface area contributed by atoms with Gasteiger partial charge in [-0.25, -0.2) is 13.6 Å². The van der Waals surface area contributed by atoms with Gasteiger partial charge in [-0.05, 0) is 6.92 Å². The van der Waals surface area contributed by atoms with Gasteiger partial charge in [-0.1, -0.05) is 0 Å². The van der Waals surface area contributed by atoms with Gasteiger partial charge >= 0.3 is 12.3 Å². The van der Waals surface area contributed by atoms with E-state index in [1.54, 1.807) is 0 Å². The van der Waals surface area contributed by atoms with Gasteiger partial charge < -0.3 is 9.47 Å². The van der Waals surface area contributed by atoms with Gasteiger partial charge in [0.1, 0.15) is 5.56 Å². The van der Waals surface area contributed by atoms with Gasteiger partial charge in [-0.3, -0.25) is 4.98 Å². The lowest BCUT2D eigenvalue weighted by atomic mass is 10.1. The molecule has 1 heterocycles. The SMILES string of the molecule is CCOC(=O)c1cnc(CCl)c(C(F)F)c1OC(F)(F)F. The number of hydrogen-bond donors (Lipinski definition) is 0. The summed E-state index contributed by atoms with van der Waals surface area (Å²) in [6.45, 7) is 1.24. The topological polar surface area (TPSA) is 48.4 Å². The predicted octanol–water partition coefficient (Wildman–Crippen LogP) is 3.83. The van der Waals surface area contributed by atoms with E-state index in [9.17, 15) is 26.7 Å². The molecule has 1 aromatic rings. The van der Waals surface area contributed by atoms with Gasteiger partial charge in [0, 0.05) is 6.20 Å². The predicted molar refractivity (Wildman–Crippen MR) is 61.4 cm³/mol. The summed E-state index contributed by atoms with van der Waals surface area (Å²) in [4.78, 5) is 15.0. The highest BCUT2D eigenvalue weighted by atomic mass is 35.5. The molecule has 0 aromatic carbocycles. The average molecular weight is 334 g/mol. The number of nitrogens with zero attached hydrogens (tertiary/aromatic N) is 1. The molecule has 1 rings (SSSR count). The first-order valence-corrected chi connectivity index (χ1v) is 6.03. The minimum atomic E-state index is -5.27. The van der Waals surface area contributed by atoms with Crippen LogP contribution in [0, 0.1) is 0 Å². The van der Waals surface area contributed by atoms with Crippen LogP contribution in [0.4, 0.5) is 22.0 Å². The van der Waals surface area contributed by atoms with E-state index in [0.29, 0.717) is 6.20 Å². The van der Waals surface area contributed by atoms with Crippen LogP contribution in [-0.4, -0.2) is 23.9 Å². The molecule has 0 atom stereocenters. The Labute approximate surface area is 120 Å². The molecule has 0 amide bonds. The van der Waals surface area contributed by atoms with Crippen LogP contribution in [0.2, 0.25) is 0 Å². The van der Waals surface area contributed by atoms with Gasteiger partial charge in [0.2, 0.25) is 0 Å². The zero-order chi connectivity index (χ0) is 16.2. The molecule has 10 heteroatoms. The Hall–Kier alpha value is -1.64. The zero-order valence-corrected chi connectivity index (χ0v) is 11.3. The lowest BCUT2D eigenvalue weighted by Gasteiger charge is -2.17. The number of carbonyl (C=O) groups excluding carboxylic acids is 1. The summed E-state index contributed by atoms with van der Waals surface area (Å²) in [6, 6.07) is 0. The number of carbonyl (C=O) groups is 1. The van der Waals surface area contributed by atoms with Crippen LogP contribution >= 0.6 is 11.6 Å². The smallest absolute Gasteiger partial charge is 0.462 e. The summed E-state index contributed by atoms with van der Waals surface area (Å²) in [7, 11) is 0. The molecule has 0 aliphatic carbocycles. The van der Waals surface area contributed by atoms with Gasteiger partial charge in [-0.15, -0.1) is 24.8 Å². The van der Waals surface area contributed by atoms with Gasteiger partial charge in [-0.2, -0.15) is 0 Å². The van der Waals surface area contributed by atoms with Crippen molar-refractivity contribution in [3.8, 4) is 5.75 Å². The first kappa shape index (κ1) is 17.4. The minimum Gasteiger partial charge on any atom is -0.462 e. The number of alkyl halides is 6. The van der Waals surface area contributed by atoms with Crippen molar-refractivity contribution in [2.24, 2.45) is 0 Å². The van der Waals surface area contributed by atoms with Crippen molar-refractivity contribution < 1.29 is 36.2 Å². The quantitative estimate of drug-likeness (QED) is 0.467. The molecule has 21 heavy (non-hydrogen) atoms. The molecule has 0 fully saturated rings. The van der Waals surface area contributed by atoms with Crippen molar-refractivity contribution >= 4 is 17.6 Å². The maximum atomic E-state index is 13.0. The molecule has 118 valence electrons. The minimum absolute atomic E-state index is 0.161. The van der Waals surface area contributed by atoms with Crippen LogP contribution in [0.15, 0.2) is 6.20 Å². The largest absolute Gasteiger partial charge is 0.573 e. The summed E-state index contributed by atoms with van der Waals surface area (Å²) in [5.74, 6) is -3.18. The normalized spacial score (nSPS) is 11.6. The summed E-state index contributed by atoms with van der Waals surface area (Å²) < 4.78 is 71.1. The van der Waals surface area contributed by atoms with Crippen LogP contribution in [0.25, 0.3) is 0 Å². The van der Waals surface area contributed by atoms with Crippen molar-refractivity contribution in [2.45, 2.75) is 25.6 Å². The fourth-order valence-corrected chi connectivity index (χ4v) is 1.67. The molecule has 0 bridgehead atoms. The molecule has 0 aliphatic rings. The van der Waals surface area contributed by atoms with Gasteiger partial charge in [0.05, 0.1) is 23.7 Å². The third-order valence-corrected chi connectivity index (χ3v) is 2.46. The highest BCUT2D eigenvalue weighted by Crippen LogP contribution is 2.38. The third kappa shape index (κ3) is 4.42. The molecule has 0 saturated heterocycles. The maximum Gasteiger partial charge on any atom is 0.573 e. The Kier molecular flexibility index (Phi) is 5.70. The molecule has 0 radical (unpaired) electrons. The molecule has 0 saturated carbocycles. The lowest BCUT2D eigenvalue weighted by Crippen LogP contribution is -2.22. The molecule has 0 spiro atoms. The van der Waals surface area contributed by atoms with Crippen molar-refractivity contribution in [3.05, 3.63) is 23.0 Å². The van der Waals surface area contributed by atoms with Crippen molar-refractivity contribution in [3.63, 3.8) is 0 Å². The Balaban J connectivity index is 3.50. The van der Waals surface area contributed by atoms with Crippen molar-refractivity contribution in [1.29, 1.82) is 0 Å². The highest BCUT2D eigenvalue weighted by molar-refractivity contribution is 6.17. The summed E-state index contributed by atoms with van der Waals surface area (Å²) in [5, 5.41) is 0. The Morgan fingerprint density at radius 1 is 1.43 bits per heavy atom. The lowest BCUT2D eigenvalue weighted by molar-refractivity contribution is -0.275. The van der Waals surface area contributed by atoms with E-state index in [1.807, 2.05) is 0 Å². The number of rotatable bonds is 5. The van der Waals surface area contributed by atoms with Crippen LogP contribution in [0.5, 0.6) is 5.75 Å². The van der Waals surface area contributed by atoms with Gasteiger partial charge in [0.25, 0.3) is 6.43 Å². The van der Waals surface area contributed by atoms with Crippen molar-refractivity contribution in [1.82, 2.24) is 4.98 Å². The molecule has 4 nitrogen and oxygen atoms in total. The summed E-state index contributed by atoms with van der Waals surface area (Å²) >= 11 is 5.36. The molecule has 0 N–H and O–H groups in total. The van der Waals surface area contributed by atoms with E-state index in [-0.39, 0.29) is 6.61 Å². The highest BCUT2D eigenvalue weighted by Gasteiger charge is 2.37. The number of halogens is 6. The number of ether oxygens (including phenoxy) is 2. The standard InChI is InChI=1S/C11H9ClF5NO3/c1-2-20-10(19)5-4-18-6(3-12)7(9(13)14)8(5)21-11(15,16)17/h4,9H,2-3H2,1H3. The van der Waals surface area contributed by atoms with E-state index in [0.717, 1.165) is 0 Å². The molecular weight excluding hydrogens is 325 g/mol. The average Bonchev–Trinajstić information content (AvgIpc) is 2.35. The first-order valence-electron chi connectivity index (χ1n) is 5.50. The zero-order valence-electron chi connectivity index (χ0n) is 10.5. The molecule has 1 aromatic heterocycles. The van der Waals surface area contributed by atoms with Crippen LogP contribution in [-0.2, 0) is 10.6 Å². The molecule has 0 aliphatic heterocycles. The van der Waals surface area contributed by atoms with E-state index in [1.165, 1.54) is 6.92 Å². The Morgan fingerprint density at radius 3 is 2.48 bits per heavy atom. The monoisotopic (exact) mass is 333 g/mol. The second-order valence-electron chi connectivity index (χ2n) is 3.56. The van der Waals surface area contributed by atoms with E-state index >= 15 is 0 Å². The second kappa shape index (κ2) is 6.88. The van der Waals surface area contributed by atoms with Gasteiger partial charge in [0.15, 0.2) is 5.75 Å². The van der Waals surface area contributed by atoms with Crippen molar-refractivity contribution in [2.75, 3.05) is 6.61 Å². The van der Waals surface area contributed by atoms with E-state index in [4.69, 9.17) is 11.6 Å². The maximum absolute atomic E-state index is 13.0. The Bertz CT molecular complexity index is 521. The number of hydrogen-bond acceptors (Lipinski definition) is 4. The number of esters is 1. The van der Waals surface area contributed by atoms with Crippen LogP contribution in [0.3, 0.4) is 0 Å². The third-order valence-electron chi connectivity index (χ3n) is 2.21. The fourth-order valence-electron chi connectivity index (χ4n) is 1.46. The Morgan fingerprint density at radius 2 is 2.05 bits per heavy atom. The summed E-state index contributed by atoms with van der Waals surface area (Å²) in [6.07, 6.45) is -7.98. The second-order valence-corrected chi connectivity index (χ2v) is 3.83. The fraction of sp³-hybridized carbons (Fsp3) is 0.455. The van der Waals surface area contributed by atoms with E-state index in [2.05, 4.69) is 14.5 Å². The molecular formula is C11H9ClF5NO3. The molecule has 0 unspecified atom stereocenters. The van der Waals surface area contributed by atoms with Crippen LogP contribution < -0.4 is 4.74 Å². The van der Waals surface area contributed by atoms with E-state index < -0.39 is 47.2 Å².